The molecule has 1 atom stereocenters. The van der Waals surface area contributed by atoms with E-state index in [4.69, 9.17) is 4.74 Å². The molecule has 0 aromatic heterocycles. The van der Waals surface area contributed by atoms with Gasteiger partial charge in [-0.2, -0.15) is 0 Å². The van der Waals surface area contributed by atoms with Crippen molar-refractivity contribution in [2.75, 3.05) is 26.2 Å². The molecule has 1 saturated carbocycles. The smallest absolute Gasteiger partial charge is 0.251 e. The number of morpholine rings is 1. The Balaban J connectivity index is 1.56. The normalized spacial score (nSPS) is 30.4. The fraction of sp³-hybridized carbons (Fsp3) is 0.941. The lowest BCUT2D eigenvalue weighted by molar-refractivity contribution is -0.192. The van der Waals surface area contributed by atoms with Crippen LogP contribution < -0.4 is 0 Å². The summed E-state index contributed by atoms with van der Waals surface area (Å²) in [6.45, 7) is 10.4. The highest BCUT2D eigenvalue weighted by molar-refractivity contribution is 5.81. The topological polar surface area (TPSA) is 32.8 Å². The minimum absolute atomic E-state index is 0.0896. The molecule has 2 saturated heterocycles. The molecule has 4 nitrogen and oxygen atoms in total. The first-order chi connectivity index (χ1) is 9.99. The highest BCUT2D eigenvalue weighted by atomic mass is 16.5. The molecule has 3 rings (SSSR count). The fourth-order valence-corrected chi connectivity index (χ4v) is 3.75. The minimum Gasteiger partial charge on any atom is -0.360 e. The molecular formula is C17H30N2O2. The van der Waals surface area contributed by atoms with E-state index in [0.29, 0.717) is 0 Å². The van der Waals surface area contributed by atoms with Crippen LogP contribution in [-0.4, -0.2) is 59.6 Å². The molecule has 0 bridgehead atoms. The predicted molar refractivity (Wildman–Crippen MR) is 83.1 cm³/mol. The van der Waals surface area contributed by atoms with Gasteiger partial charge in [-0.1, -0.05) is 12.8 Å². The molecule has 1 unspecified atom stereocenters. The Hall–Kier alpha value is -0.610. The van der Waals surface area contributed by atoms with E-state index in [9.17, 15) is 4.79 Å². The Morgan fingerprint density at radius 3 is 2.52 bits per heavy atom. The summed E-state index contributed by atoms with van der Waals surface area (Å²) >= 11 is 0. The summed E-state index contributed by atoms with van der Waals surface area (Å²) in [4.78, 5) is 16.8. The van der Waals surface area contributed by atoms with Crippen molar-refractivity contribution in [3.63, 3.8) is 0 Å². The van der Waals surface area contributed by atoms with Gasteiger partial charge in [-0.05, 0) is 52.5 Å². The largest absolute Gasteiger partial charge is 0.360 e. The average Bonchev–Trinajstić information content (AvgIpc) is 3.26. The van der Waals surface area contributed by atoms with Crippen LogP contribution >= 0.6 is 0 Å². The maximum atomic E-state index is 12.2. The van der Waals surface area contributed by atoms with E-state index in [1.807, 2.05) is 11.8 Å². The van der Waals surface area contributed by atoms with Gasteiger partial charge in [0.1, 0.15) is 6.10 Å². The van der Waals surface area contributed by atoms with Crippen LogP contribution in [0.3, 0.4) is 0 Å². The molecule has 1 amide bonds. The molecule has 120 valence electrons. The Kier molecular flexibility index (Phi) is 4.28. The van der Waals surface area contributed by atoms with Crippen molar-refractivity contribution >= 4 is 5.91 Å². The zero-order chi connectivity index (χ0) is 15.0. The lowest BCUT2D eigenvalue weighted by Crippen LogP contribution is -2.62. The first kappa shape index (κ1) is 15.3. The first-order valence-electron chi connectivity index (χ1n) is 8.70. The molecule has 2 heterocycles. The Morgan fingerprint density at radius 2 is 1.95 bits per heavy atom. The van der Waals surface area contributed by atoms with Gasteiger partial charge in [0, 0.05) is 19.1 Å². The second-order valence-electron chi connectivity index (χ2n) is 7.58. The van der Waals surface area contributed by atoms with Gasteiger partial charge in [0.05, 0.1) is 12.1 Å². The van der Waals surface area contributed by atoms with Crippen LogP contribution in [0.4, 0.5) is 0 Å². The average molecular weight is 294 g/mol. The van der Waals surface area contributed by atoms with Crippen molar-refractivity contribution in [3.8, 4) is 0 Å². The van der Waals surface area contributed by atoms with E-state index in [2.05, 4.69) is 18.7 Å². The number of carbonyl (C=O) groups is 1. The van der Waals surface area contributed by atoms with Gasteiger partial charge in [0.25, 0.3) is 5.91 Å². The van der Waals surface area contributed by atoms with Crippen LogP contribution in [0, 0.1) is 5.92 Å². The zero-order valence-electron chi connectivity index (χ0n) is 13.8. The van der Waals surface area contributed by atoms with Crippen molar-refractivity contribution in [1.82, 2.24) is 9.80 Å². The highest BCUT2D eigenvalue weighted by Crippen LogP contribution is 2.35. The molecule has 3 aliphatic rings. The molecule has 0 N–H and O–H groups in total. The second-order valence-corrected chi connectivity index (χ2v) is 7.58. The molecule has 0 radical (unpaired) electrons. The molecule has 1 aliphatic carbocycles. The van der Waals surface area contributed by atoms with Gasteiger partial charge in [0.2, 0.25) is 0 Å². The summed E-state index contributed by atoms with van der Waals surface area (Å²) in [7, 11) is 0. The van der Waals surface area contributed by atoms with Crippen LogP contribution in [0.1, 0.15) is 52.9 Å². The van der Waals surface area contributed by atoms with Gasteiger partial charge in [-0.25, -0.2) is 0 Å². The maximum Gasteiger partial charge on any atom is 0.251 e. The molecule has 0 aromatic rings. The lowest BCUT2D eigenvalue weighted by Gasteiger charge is -2.50. The zero-order valence-corrected chi connectivity index (χ0v) is 13.8. The van der Waals surface area contributed by atoms with E-state index < -0.39 is 0 Å². The van der Waals surface area contributed by atoms with Gasteiger partial charge < -0.3 is 14.5 Å². The van der Waals surface area contributed by atoms with E-state index >= 15 is 0 Å². The van der Waals surface area contributed by atoms with Crippen molar-refractivity contribution in [3.05, 3.63) is 0 Å². The highest BCUT2D eigenvalue weighted by Gasteiger charge is 2.45. The third-order valence-corrected chi connectivity index (χ3v) is 5.46. The maximum absolute atomic E-state index is 12.2. The van der Waals surface area contributed by atoms with Crippen LogP contribution in [0.5, 0.6) is 0 Å². The Labute approximate surface area is 128 Å². The number of amides is 1. The summed E-state index contributed by atoms with van der Waals surface area (Å²) in [6.07, 6.45) is 6.13. The van der Waals surface area contributed by atoms with E-state index in [1.165, 1.54) is 25.8 Å². The van der Waals surface area contributed by atoms with Crippen molar-refractivity contribution in [1.29, 1.82) is 0 Å². The van der Waals surface area contributed by atoms with Gasteiger partial charge in [-0.15, -0.1) is 0 Å². The van der Waals surface area contributed by atoms with E-state index in [-0.39, 0.29) is 23.7 Å². The number of rotatable bonds is 4. The van der Waals surface area contributed by atoms with E-state index in [1.54, 1.807) is 0 Å². The number of ether oxygens (including phenoxy) is 1. The van der Waals surface area contributed by atoms with Crippen molar-refractivity contribution < 1.29 is 9.53 Å². The predicted octanol–water partition coefficient (Wildman–Crippen LogP) is 2.28. The Morgan fingerprint density at radius 1 is 1.29 bits per heavy atom. The van der Waals surface area contributed by atoms with Gasteiger partial charge in [-0.3, -0.25) is 4.79 Å². The van der Waals surface area contributed by atoms with Crippen LogP contribution in [0.15, 0.2) is 0 Å². The first-order valence-corrected chi connectivity index (χ1v) is 8.70. The van der Waals surface area contributed by atoms with Gasteiger partial charge in [0.15, 0.2) is 0 Å². The molecule has 4 heteroatoms. The molecular weight excluding hydrogens is 264 g/mol. The molecule has 0 aromatic carbocycles. The van der Waals surface area contributed by atoms with Crippen LogP contribution in [0.2, 0.25) is 0 Å². The molecule has 1 spiro atoms. The number of carbonyl (C=O) groups excluding carboxylic acids is 1. The number of hydrogen-bond donors (Lipinski definition) is 0. The second kappa shape index (κ2) is 5.88. The lowest BCUT2D eigenvalue weighted by atomic mass is 9.88. The minimum atomic E-state index is -0.279. The number of likely N-dealkylation sites (tertiary alicyclic amines) is 1. The molecule has 2 aliphatic heterocycles. The number of hydrogen-bond acceptors (Lipinski definition) is 3. The monoisotopic (exact) mass is 294 g/mol. The standard InChI is InChI=1S/C17H30N2O2/c1-13(2)19-12-17(21-14(3)16(19)20)7-10-18(11-8-17)9-6-15-4-5-15/h13-15H,4-12H2,1-3H3. The summed E-state index contributed by atoms with van der Waals surface area (Å²) in [5, 5.41) is 0. The number of piperidine rings is 1. The summed E-state index contributed by atoms with van der Waals surface area (Å²) < 4.78 is 6.18. The van der Waals surface area contributed by atoms with Crippen molar-refractivity contribution in [2.45, 2.75) is 70.6 Å². The van der Waals surface area contributed by atoms with Crippen molar-refractivity contribution in [2.24, 2.45) is 5.92 Å². The molecule has 3 fully saturated rings. The third-order valence-electron chi connectivity index (χ3n) is 5.46. The Bertz CT molecular complexity index is 384. The fourth-order valence-electron chi connectivity index (χ4n) is 3.75. The summed E-state index contributed by atoms with van der Waals surface area (Å²) in [6, 6.07) is 0.272. The third kappa shape index (κ3) is 3.42. The van der Waals surface area contributed by atoms with Crippen LogP contribution in [0.25, 0.3) is 0 Å². The molecule has 21 heavy (non-hydrogen) atoms. The summed E-state index contributed by atoms with van der Waals surface area (Å²) in [5.41, 5.74) is -0.0896. The van der Waals surface area contributed by atoms with Gasteiger partial charge >= 0.3 is 0 Å². The SMILES string of the molecule is CC1OC2(CCN(CCC3CC3)CC2)CN(C(C)C)C1=O. The van der Waals surface area contributed by atoms with Crippen LogP contribution in [-0.2, 0) is 9.53 Å². The van der Waals surface area contributed by atoms with E-state index in [0.717, 1.165) is 38.4 Å². The summed E-state index contributed by atoms with van der Waals surface area (Å²) in [5.74, 6) is 1.17. The quantitative estimate of drug-likeness (QED) is 0.797. The number of nitrogens with zero attached hydrogens (tertiary/aromatic N) is 2.